The fourth-order valence-corrected chi connectivity index (χ4v) is 2.22. The van der Waals surface area contributed by atoms with Gasteiger partial charge in [-0.15, -0.1) is 0 Å². The molecule has 1 atom stereocenters. The average molecular weight is 212 g/mol. The summed E-state index contributed by atoms with van der Waals surface area (Å²) in [6.45, 7) is 6.88. The number of hydrogen-bond acceptors (Lipinski definition) is 4. The van der Waals surface area contributed by atoms with Crippen LogP contribution < -0.4 is 11.1 Å². The number of likely N-dealkylation sites (tertiary alicyclic amines) is 1. The van der Waals surface area contributed by atoms with E-state index in [1.54, 1.807) is 0 Å². The predicted molar refractivity (Wildman–Crippen MR) is 58.5 cm³/mol. The average Bonchev–Trinajstić information content (AvgIpc) is 2.56. The fourth-order valence-electron chi connectivity index (χ4n) is 2.22. The molecule has 0 radical (unpaired) electrons. The number of nitrogens with two attached hydrogens (primary N) is 1. The second-order valence-corrected chi connectivity index (χ2v) is 4.40. The van der Waals surface area contributed by atoms with Crippen LogP contribution in [0.3, 0.4) is 0 Å². The molecule has 2 rings (SSSR count). The summed E-state index contributed by atoms with van der Waals surface area (Å²) < 4.78 is 0. The lowest BCUT2D eigenvalue weighted by Crippen LogP contribution is -2.46. The molecular weight excluding hydrogens is 192 g/mol. The number of nitrogens with one attached hydrogen (secondary N) is 1. The Morgan fingerprint density at radius 3 is 2.67 bits per heavy atom. The van der Waals surface area contributed by atoms with Crippen LogP contribution in [-0.4, -0.2) is 67.6 Å². The van der Waals surface area contributed by atoms with Crippen molar-refractivity contribution in [2.75, 3.05) is 45.8 Å². The van der Waals surface area contributed by atoms with Crippen molar-refractivity contribution >= 4 is 5.91 Å². The summed E-state index contributed by atoms with van der Waals surface area (Å²) in [5.41, 5.74) is 5.74. The van der Waals surface area contributed by atoms with Gasteiger partial charge in [-0.1, -0.05) is 0 Å². The predicted octanol–water partition coefficient (Wildman–Crippen LogP) is -1.55. The second-order valence-electron chi connectivity index (χ2n) is 4.40. The van der Waals surface area contributed by atoms with Crippen LogP contribution in [0.15, 0.2) is 0 Å². The summed E-state index contributed by atoms with van der Waals surface area (Å²) >= 11 is 0. The molecule has 3 N–H and O–H groups in total. The first-order valence-electron chi connectivity index (χ1n) is 5.72. The zero-order valence-corrected chi connectivity index (χ0v) is 9.11. The van der Waals surface area contributed by atoms with E-state index in [9.17, 15) is 4.79 Å². The van der Waals surface area contributed by atoms with Crippen molar-refractivity contribution in [3.63, 3.8) is 0 Å². The number of amides is 1. The van der Waals surface area contributed by atoms with Gasteiger partial charge in [0.15, 0.2) is 0 Å². The maximum absolute atomic E-state index is 11.5. The molecule has 1 unspecified atom stereocenters. The number of carbonyl (C=O) groups excluding carboxylic acids is 1. The van der Waals surface area contributed by atoms with E-state index in [2.05, 4.69) is 10.2 Å². The number of nitrogens with zero attached hydrogens (tertiary/aromatic N) is 2. The van der Waals surface area contributed by atoms with Gasteiger partial charge >= 0.3 is 0 Å². The van der Waals surface area contributed by atoms with Gasteiger partial charge in [-0.05, 0) is 0 Å². The highest BCUT2D eigenvalue weighted by Crippen LogP contribution is 2.08. The van der Waals surface area contributed by atoms with Crippen molar-refractivity contribution in [3.05, 3.63) is 0 Å². The smallest absolute Gasteiger partial charge is 0.224 e. The molecule has 2 aliphatic rings. The van der Waals surface area contributed by atoms with Crippen LogP contribution in [0.4, 0.5) is 0 Å². The molecule has 0 aromatic rings. The van der Waals surface area contributed by atoms with Gasteiger partial charge in [0.25, 0.3) is 0 Å². The van der Waals surface area contributed by atoms with Gasteiger partial charge in [-0.3, -0.25) is 9.69 Å². The number of piperazine rings is 1. The molecule has 0 aliphatic carbocycles. The lowest BCUT2D eigenvalue weighted by atomic mass is 10.3. The minimum atomic E-state index is 0.0560. The van der Waals surface area contributed by atoms with Gasteiger partial charge < -0.3 is 16.0 Å². The number of hydrogen-bond donors (Lipinski definition) is 2. The molecule has 0 saturated carbocycles. The van der Waals surface area contributed by atoms with Crippen LogP contribution in [0.2, 0.25) is 0 Å². The highest BCUT2D eigenvalue weighted by molar-refractivity contribution is 5.79. The van der Waals surface area contributed by atoms with Gasteiger partial charge in [-0.25, -0.2) is 0 Å². The first kappa shape index (κ1) is 10.9. The number of carbonyl (C=O) groups is 1. The molecule has 2 fully saturated rings. The van der Waals surface area contributed by atoms with Crippen molar-refractivity contribution in [2.45, 2.75) is 12.5 Å². The molecule has 0 spiro atoms. The third-order valence-corrected chi connectivity index (χ3v) is 3.14. The van der Waals surface area contributed by atoms with Gasteiger partial charge in [0, 0.05) is 58.3 Å². The summed E-state index contributed by atoms with van der Waals surface area (Å²) in [7, 11) is 0. The highest BCUT2D eigenvalue weighted by Gasteiger charge is 2.26. The van der Waals surface area contributed by atoms with Gasteiger partial charge in [0.2, 0.25) is 5.91 Å². The van der Waals surface area contributed by atoms with Crippen LogP contribution in [0.25, 0.3) is 0 Å². The van der Waals surface area contributed by atoms with Crippen molar-refractivity contribution in [1.29, 1.82) is 0 Å². The Labute approximate surface area is 90.6 Å². The van der Waals surface area contributed by atoms with Gasteiger partial charge in [-0.2, -0.15) is 0 Å². The van der Waals surface area contributed by atoms with E-state index in [0.29, 0.717) is 6.42 Å². The quantitative estimate of drug-likeness (QED) is 0.595. The third-order valence-electron chi connectivity index (χ3n) is 3.14. The molecule has 5 heteroatoms. The summed E-state index contributed by atoms with van der Waals surface area (Å²) in [6, 6.07) is 0.0560. The summed E-state index contributed by atoms with van der Waals surface area (Å²) in [4.78, 5) is 15.8. The Bertz CT molecular complexity index is 227. The number of rotatable bonds is 3. The SMILES string of the molecule is NC1CC(=O)N(CCN2CCNCC2)C1. The zero-order valence-electron chi connectivity index (χ0n) is 9.11. The topological polar surface area (TPSA) is 61.6 Å². The first-order chi connectivity index (χ1) is 7.25. The Morgan fingerprint density at radius 2 is 2.07 bits per heavy atom. The van der Waals surface area contributed by atoms with E-state index in [1.165, 1.54) is 0 Å². The largest absolute Gasteiger partial charge is 0.340 e. The van der Waals surface area contributed by atoms with Crippen LogP contribution in [0.5, 0.6) is 0 Å². The lowest BCUT2D eigenvalue weighted by Gasteiger charge is -2.29. The standard InChI is InChI=1S/C10H20N4O/c11-9-7-10(15)14(8-9)6-5-13-3-1-12-2-4-13/h9,12H,1-8,11H2. The zero-order chi connectivity index (χ0) is 10.7. The summed E-state index contributed by atoms with van der Waals surface area (Å²) in [5, 5.41) is 3.32. The van der Waals surface area contributed by atoms with Crippen molar-refractivity contribution < 1.29 is 4.79 Å². The van der Waals surface area contributed by atoms with E-state index >= 15 is 0 Å². The first-order valence-corrected chi connectivity index (χ1v) is 5.72. The summed E-state index contributed by atoms with van der Waals surface area (Å²) in [5.74, 6) is 0.220. The highest BCUT2D eigenvalue weighted by atomic mass is 16.2. The lowest BCUT2D eigenvalue weighted by molar-refractivity contribution is -0.127. The van der Waals surface area contributed by atoms with Gasteiger partial charge in [0.05, 0.1) is 0 Å². The third kappa shape index (κ3) is 2.90. The van der Waals surface area contributed by atoms with Crippen molar-refractivity contribution in [1.82, 2.24) is 15.1 Å². The normalized spacial score (nSPS) is 28.7. The monoisotopic (exact) mass is 212 g/mol. The van der Waals surface area contributed by atoms with E-state index in [-0.39, 0.29) is 11.9 Å². The minimum absolute atomic E-state index is 0.0560. The molecule has 2 aliphatic heterocycles. The Kier molecular flexibility index (Phi) is 3.56. The minimum Gasteiger partial charge on any atom is -0.340 e. The van der Waals surface area contributed by atoms with Crippen molar-refractivity contribution in [3.8, 4) is 0 Å². The molecule has 0 aromatic carbocycles. The molecule has 1 amide bonds. The molecule has 2 saturated heterocycles. The van der Waals surface area contributed by atoms with Crippen molar-refractivity contribution in [2.24, 2.45) is 5.73 Å². The molecule has 5 nitrogen and oxygen atoms in total. The maximum atomic E-state index is 11.5. The van der Waals surface area contributed by atoms with E-state index in [1.807, 2.05) is 4.90 Å². The summed E-state index contributed by atoms with van der Waals surface area (Å²) in [6.07, 6.45) is 0.529. The van der Waals surface area contributed by atoms with E-state index in [0.717, 1.165) is 45.8 Å². The van der Waals surface area contributed by atoms with Gasteiger partial charge in [0.1, 0.15) is 0 Å². The van der Waals surface area contributed by atoms with Crippen LogP contribution >= 0.6 is 0 Å². The van der Waals surface area contributed by atoms with Crippen LogP contribution in [-0.2, 0) is 4.79 Å². The Morgan fingerprint density at radius 1 is 1.33 bits per heavy atom. The molecule has 0 aromatic heterocycles. The van der Waals surface area contributed by atoms with Crippen LogP contribution in [0.1, 0.15) is 6.42 Å². The van der Waals surface area contributed by atoms with Crippen LogP contribution in [0, 0.1) is 0 Å². The Balaban J connectivity index is 1.70. The molecular formula is C10H20N4O. The fraction of sp³-hybridized carbons (Fsp3) is 0.900. The molecule has 2 heterocycles. The Hall–Kier alpha value is -0.650. The second kappa shape index (κ2) is 4.92. The van der Waals surface area contributed by atoms with E-state index < -0.39 is 0 Å². The molecule has 0 bridgehead atoms. The van der Waals surface area contributed by atoms with E-state index in [4.69, 9.17) is 5.73 Å². The molecule has 86 valence electrons. The molecule has 15 heavy (non-hydrogen) atoms. The maximum Gasteiger partial charge on any atom is 0.224 e.